The molecule has 1 aromatic heterocycles. The Morgan fingerprint density at radius 2 is 1.92 bits per heavy atom. The molecule has 0 aliphatic heterocycles. The number of benzene rings is 2. The average molecular weight is 416 g/mol. The number of hydrogen-bond acceptors (Lipinski definition) is 4. The van der Waals surface area contributed by atoms with Crippen LogP contribution in [0, 0.1) is 0 Å². The number of ether oxygens (including phenoxy) is 2. The van der Waals surface area contributed by atoms with Gasteiger partial charge in [0.25, 0.3) is 5.91 Å². The normalized spacial score (nSPS) is 10.4. The molecule has 0 aliphatic carbocycles. The zero-order chi connectivity index (χ0) is 18.4. The monoisotopic (exact) mass is 415 g/mol. The molecular formula is C20H18BrNO4. The van der Waals surface area contributed by atoms with Gasteiger partial charge in [-0.15, -0.1) is 0 Å². The molecule has 5 nitrogen and oxygen atoms in total. The van der Waals surface area contributed by atoms with Gasteiger partial charge in [0, 0.05) is 22.1 Å². The minimum absolute atomic E-state index is 0.245. The van der Waals surface area contributed by atoms with E-state index in [9.17, 15) is 4.79 Å². The minimum atomic E-state index is -0.302. The Morgan fingerprint density at radius 1 is 1.12 bits per heavy atom. The summed E-state index contributed by atoms with van der Waals surface area (Å²) in [5.74, 6) is 1.39. The molecule has 1 amide bonds. The molecule has 1 heterocycles. The number of nitrogens with one attached hydrogen (secondary N) is 1. The Balaban J connectivity index is 1.64. The van der Waals surface area contributed by atoms with Crippen molar-refractivity contribution >= 4 is 21.8 Å². The minimum Gasteiger partial charge on any atom is -0.496 e. The largest absolute Gasteiger partial charge is 0.496 e. The van der Waals surface area contributed by atoms with E-state index in [1.807, 2.05) is 48.5 Å². The van der Waals surface area contributed by atoms with E-state index in [0.29, 0.717) is 17.9 Å². The standard InChI is InChI=1S/C20H18BrNO4/c1-24-18-8-7-16(21)11-15(18)12-22-20(23)19-14(9-10-25-19)13-26-17-5-3-2-4-6-17/h2-11H,12-13H2,1H3,(H,22,23). The number of methoxy groups -OCH3 is 1. The molecule has 1 N–H and O–H groups in total. The maximum absolute atomic E-state index is 12.5. The Hall–Kier alpha value is -2.73. The average Bonchev–Trinajstić information content (AvgIpc) is 3.14. The zero-order valence-corrected chi connectivity index (χ0v) is 15.8. The molecule has 0 bridgehead atoms. The molecule has 0 radical (unpaired) electrons. The highest BCUT2D eigenvalue weighted by Gasteiger charge is 2.16. The van der Waals surface area contributed by atoms with Gasteiger partial charge in [-0.25, -0.2) is 0 Å². The van der Waals surface area contributed by atoms with Gasteiger partial charge in [0.1, 0.15) is 18.1 Å². The molecule has 26 heavy (non-hydrogen) atoms. The van der Waals surface area contributed by atoms with Crippen molar-refractivity contribution < 1.29 is 18.7 Å². The molecule has 0 unspecified atom stereocenters. The third kappa shape index (κ3) is 4.46. The SMILES string of the molecule is COc1ccc(Br)cc1CNC(=O)c1occc1COc1ccccc1. The molecule has 0 atom stereocenters. The van der Waals surface area contributed by atoms with E-state index in [1.165, 1.54) is 6.26 Å². The zero-order valence-electron chi connectivity index (χ0n) is 14.2. The number of hydrogen-bond donors (Lipinski definition) is 1. The summed E-state index contributed by atoms with van der Waals surface area (Å²) in [7, 11) is 1.60. The third-order valence-corrected chi connectivity index (χ3v) is 4.27. The van der Waals surface area contributed by atoms with Gasteiger partial charge < -0.3 is 19.2 Å². The van der Waals surface area contributed by atoms with Crippen LogP contribution in [-0.2, 0) is 13.2 Å². The van der Waals surface area contributed by atoms with Crippen molar-refractivity contribution in [1.29, 1.82) is 0 Å². The fraction of sp³-hybridized carbons (Fsp3) is 0.150. The van der Waals surface area contributed by atoms with Gasteiger partial charge >= 0.3 is 0 Å². The van der Waals surface area contributed by atoms with E-state index in [2.05, 4.69) is 21.2 Å². The van der Waals surface area contributed by atoms with Crippen LogP contribution in [0.2, 0.25) is 0 Å². The van der Waals surface area contributed by atoms with Gasteiger partial charge in [-0.2, -0.15) is 0 Å². The molecule has 0 saturated heterocycles. The second-order valence-electron chi connectivity index (χ2n) is 5.52. The summed E-state index contributed by atoms with van der Waals surface area (Å²) in [5, 5.41) is 2.85. The summed E-state index contributed by atoms with van der Waals surface area (Å²) in [5.41, 5.74) is 1.55. The van der Waals surface area contributed by atoms with Gasteiger partial charge in [0.2, 0.25) is 0 Å². The van der Waals surface area contributed by atoms with Crippen molar-refractivity contribution in [3.8, 4) is 11.5 Å². The summed E-state index contributed by atoms with van der Waals surface area (Å²) >= 11 is 3.42. The Kier molecular flexibility index (Phi) is 5.96. The number of rotatable bonds is 7. The number of furan rings is 1. The van der Waals surface area contributed by atoms with E-state index >= 15 is 0 Å². The lowest BCUT2D eigenvalue weighted by atomic mass is 10.2. The smallest absolute Gasteiger partial charge is 0.287 e. The fourth-order valence-electron chi connectivity index (χ4n) is 2.47. The van der Waals surface area contributed by atoms with Gasteiger partial charge in [-0.1, -0.05) is 34.1 Å². The molecule has 2 aromatic carbocycles. The van der Waals surface area contributed by atoms with Crippen molar-refractivity contribution in [3.63, 3.8) is 0 Å². The third-order valence-electron chi connectivity index (χ3n) is 3.77. The Morgan fingerprint density at radius 3 is 2.69 bits per heavy atom. The second kappa shape index (κ2) is 8.58. The predicted octanol–water partition coefficient (Wildman–Crippen LogP) is 4.56. The van der Waals surface area contributed by atoms with Gasteiger partial charge in [-0.05, 0) is 36.4 Å². The quantitative estimate of drug-likeness (QED) is 0.614. The van der Waals surface area contributed by atoms with Crippen molar-refractivity contribution in [1.82, 2.24) is 5.32 Å². The lowest BCUT2D eigenvalue weighted by Crippen LogP contribution is -2.23. The first kappa shape index (κ1) is 18.1. The first-order valence-electron chi connectivity index (χ1n) is 8.02. The van der Waals surface area contributed by atoms with Crippen molar-refractivity contribution in [3.05, 3.63) is 82.2 Å². The fourth-order valence-corrected chi connectivity index (χ4v) is 2.88. The number of carbonyl (C=O) groups is 1. The number of para-hydroxylation sites is 1. The van der Waals surface area contributed by atoms with Crippen molar-refractivity contribution in [2.45, 2.75) is 13.2 Å². The summed E-state index contributed by atoms with van der Waals surface area (Å²) in [4.78, 5) is 12.5. The molecule has 3 aromatic rings. The Bertz CT molecular complexity index is 877. The van der Waals surface area contributed by atoms with Crippen LogP contribution < -0.4 is 14.8 Å². The molecular weight excluding hydrogens is 398 g/mol. The van der Waals surface area contributed by atoms with E-state index in [0.717, 1.165) is 15.8 Å². The summed E-state index contributed by atoms with van der Waals surface area (Å²) in [6.45, 7) is 0.574. The van der Waals surface area contributed by atoms with Gasteiger partial charge in [-0.3, -0.25) is 4.79 Å². The summed E-state index contributed by atoms with van der Waals surface area (Å²) in [6.07, 6.45) is 1.48. The molecule has 3 rings (SSSR count). The van der Waals surface area contributed by atoms with Gasteiger partial charge in [0.15, 0.2) is 5.76 Å². The van der Waals surface area contributed by atoms with Crippen LogP contribution in [0.1, 0.15) is 21.7 Å². The lowest BCUT2D eigenvalue weighted by molar-refractivity contribution is 0.0919. The van der Waals surface area contributed by atoms with Crippen LogP contribution in [-0.4, -0.2) is 13.0 Å². The van der Waals surface area contributed by atoms with Crippen molar-refractivity contribution in [2.75, 3.05) is 7.11 Å². The van der Waals surface area contributed by atoms with E-state index in [1.54, 1.807) is 13.2 Å². The molecule has 6 heteroatoms. The second-order valence-corrected chi connectivity index (χ2v) is 6.43. The van der Waals surface area contributed by atoms with Crippen LogP contribution in [0.5, 0.6) is 11.5 Å². The van der Waals surface area contributed by atoms with Gasteiger partial charge in [0.05, 0.1) is 13.4 Å². The molecule has 0 spiro atoms. The maximum atomic E-state index is 12.5. The van der Waals surface area contributed by atoms with E-state index < -0.39 is 0 Å². The number of amides is 1. The number of halogens is 1. The van der Waals surface area contributed by atoms with E-state index in [-0.39, 0.29) is 18.3 Å². The van der Waals surface area contributed by atoms with Crippen LogP contribution in [0.25, 0.3) is 0 Å². The highest BCUT2D eigenvalue weighted by atomic mass is 79.9. The van der Waals surface area contributed by atoms with Crippen LogP contribution in [0.4, 0.5) is 0 Å². The van der Waals surface area contributed by atoms with Crippen LogP contribution >= 0.6 is 15.9 Å². The van der Waals surface area contributed by atoms with Crippen molar-refractivity contribution in [2.24, 2.45) is 0 Å². The van der Waals surface area contributed by atoms with Crippen LogP contribution in [0.3, 0.4) is 0 Å². The Labute approximate surface area is 160 Å². The topological polar surface area (TPSA) is 60.7 Å². The molecule has 0 aliphatic rings. The summed E-state index contributed by atoms with van der Waals surface area (Å²) < 4.78 is 17.3. The molecule has 134 valence electrons. The lowest BCUT2D eigenvalue weighted by Gasteiger charge is -2.10. The first-order chi connectivity index (χ1) is 12.7. The maximum Gasteiger partial charge on any atom is 0.287 e. The summed E-state index contributed by atoms with van der Waals surface area (Å²) in [6, 6.07) is 16.8. The highest BCUT2D eigenvalue weighted by Crippen LogP contribution is 2.23. The highest BCUT2D eigenvalue weighted by molar-refractivity contribution is 9.10. The molecule has 0 fully saturated rings. The predicted molar refractivity (Wildman–Crippen MR) is 101 cm³/mol. The van der Waals surface area contributed by atoms with Crippen LogP contribution in [0.15, 0.2) is 69.8 Å². The molecule has 0 saturated carbocycles. The number of carbonyl (C=O) groups excluding carboxylic acids is 1. The first-order valence-corrected chi connectivity index (χ1v) is 8.81. The van der Waals surface area contributed by atoms with E-state index in [4.69, 9.17) is 13.9 Å².